The fraction of sp³-hybridized carbons (Fsp3) is 0.375. The highest BCUT2D eigenvalue weighted by molar-refractivity contribution is 7.89. The third-order valence-electron chi connectivity index (χ3n) is 4.07. The molecule has 7 nitrogen and oxygen atoms in total. The maximum Gasteiger partial charge on any atom is 0.244 e. The summed E-state index contributed by atoms with van der Waals surface area (Å²) < 4.78 is 29.4. The molecule has 1 aliphatic heterocycles. The number of rotatable bonds is 6. The predicted molar refractivity (Wildman–Crippen MR) is 88.5 cm³/mol. The molecule has 0 bridgehead atoms. The molecule has 1 aromatic heterocycles. The Hall–Kier alpha value is -2.19. The monoisotopic (exact) mass is 348 g/mol. The molecular weight excluding hydrogens is 328 g/mol. The summed E-state index contributed by atoms with van der Waals surface area (Å²) in [5, 5.41) is 3.91. The summed E-state index contributed by atoms with van der Waals surface area (Å²) in [6.07, 6.45) is 4.10. The van der Waals surface area contributed by atoms with Crippen LogP contribution in [0, 0.1) is 0 Å². The Kier molecular flexibility index (Phi) is 4.68. The summed E-state index contributed by atoms with van der Waals surface area (Å²) in [4.78, 5) is 13.7. The largest absolute Gasteiger partial charge is 0.341 e. The van der Waals surface area contributed by atoms with Crippen LogP contribution in [0.25, 0.3) is 0 Å². The van der Waals surface area contributed by atoms with Gasteiger partial charge in [-0.2, -0.15) is 5.10 Å². The SMILES string of the molecule is Cn1cc(S(=O)(=O)NC(CN2CCCC2=O)c2ccccc2)cn1. The Labute approximate surface area is 141 Å². The quantitative estimate of drug-likeness (QED) is 0.846. The maximum absolute atomic E-state index is 12.6. The molecule has 2 heterocycles. The van der Waals surface area contributed by atoms with Gasteiger partial charge in [0.05, 0.1) is 12.2 Å². The molecule has 128 valence electrons. The van der Waals surface area contributed by atoms with Gasteiger partial charge < -0.3 is 4.90 Å². The van der Waals surface area contributed by atoms with E-state index < -0.39 is 16.1 Å². The van der Waals surface area contributed by atoms with E-state index in [0.717, 1.165) is 12.0 Å². The van der Waals surface area contributed by atoms with Crippen LogP contribution in [0.2, 0.25) is 0 Å². The lowest BCUT2D eigenvalue weighted by atomic mass is 10.1. The fourth-order valence-electron chi connectivity index (χ4n) is 2.81. The highest BCUT2D eigenvalue weighted by atomic mass is 32.2. The molecule has 2 aromatic rings. The van der Waals surface area contributed by atoms with Gasteiger partial charge in [-0.1, -0.05) is 30.3 Å². The summed E-state index contributed by atoms with van der Waals surface area (Å²) in [7, 11) is -2.05. The number of hydrogen-bond donors (Lipinski definition) is 1. The zero-order valence-corrected chi connectivity index (χ0v) is 14.2. The van der Waals surface area contributed by atoms with Crippen molar-refractivity contribution in [3.05, 3.63) is 48.3 Å². The normalized spacial score (nSPS) is 16.5. The summed E-state index contributed by atoms with van der Waals surface area (Å²) in [5.74, 6) is 0.0662. The molecule has 24 heavy (non-hydrogen) atoms. The molecule has 0 saturated carbocycles. The minimum atomic E-state index is -3.72. The van der Waals surface area contributed by atoms with E-state index in [2.05, 4.69) is 9.82 Å². The molecule has 1 atom stereocenters. The fourth-order valence-corrected chi connectivity index (χ4v) is 4.00. The van der Waals surface area contributed by atoms with Crippen molar-refractivity contribution in [2.45, 2.75) is 23.8 Å². The molecular formula is C16H20N4O3S. The number of carbonyl (C=O) groups is 1. The summed E-state index contributed by atoms with van der Waals surface area (Å²) in [6.45, 7) is 0.985. The zero-order valence-electron chi connectivity index (χ0n) is 13.4. The van der Waals surface area contributed by atoms with Crippen LogP contribution < -0.4 is 4.72 Å². The third-order valence-corrected chi connectivity index (χ3v) is 5.49. The van der Waals surface area contributed by atoms with Crippen molar-refractivity contribution < 1.29 is 13.2 Å². The van der Waals surface area contributed by atoms with E-state index in [1.807, 2.05) is 30.3 Å². The van der Waals surface area contributed by atoms with Crippen molar-refractivity contribution in [2.75, 3.05) is 13.1 Å². The van der Waals surface area contributed by atoms with Crippen LogP contribution >= 0.6 is 0 Å². The van der Waals surface area contributed by atoms with Gasteiger partial charge in [-0.25, -0.2) is 13.1 Å². The molecule has 1 unspecified atom stereocenters. The van der Waals surface area contributed by atoms with E-state index in [0.29, 0.717) is 19.5 Å². The van der Waals surface area contributed by atoms with Crippen LogP contribution in [0.3, 0.4) is 0 Å². The minimum absolute atomic E-state index is 0.0662. The average molecular weight is 348 g/mol. The molecule has 1 N–H and O–H groups in total. The Morgan fingerprint density at radius 3 is 2.62 bits per heavy atom. The van der Waals surface area contributed by atoms with Gasteiger partial charge >= 0.3 is 0 Å². The number of aryl methyl sites for hydroxylation is 1. The molecule has 0 aliphatic carbocycles. The number of carbonyl (C=O) groups excluding carboxylic acids is 1. The molecule has 1 fully saturated rings. The first-order valence-electron chi connectivity index (χ1n) is 7.79. The van der Waals surface area contributed by atoms with Gasteiger partial charge in [0.25, 0.3) is 0 Å². The van der Waals surface area contributed by atoms with Gasteiger partial charge in [0.2, 0.25) is 15.9 Å². The van der Waals surface area contributed by atoms with Gasteiger partial charge in [0.15, 0.2) is 0 Å². The predicted octanol–water partition coefficient (Wildman–Crippen LogP) is 1.06. The van der Waals surface area contributed by atoms with Crippen molar-refractivity contribution in [3.8, 4) is 0 Å². The van der Waals surface area contributed by atoms with E-state index in [1.54, 1.807) is 11.9 Å². The van der Waals surface area contributed by atoms with Crippen molar-refractivity contribution in [1.29, 1.82) is 0 Å². The van der Waals surface area contributed by atoms with Crippen LogP contribution in [0.4, 0.5) is 0 Å². The minimum Gasteiger partial charge on any atom is -0.341 e. The van der Waals surface area contributed by atoms with Gasteiger partial charge in [-0.3, -0.25) is 9.48 Å². The lowest BCUT2D eigenvalue weighted by Gasteiger charge is -2.24. The topological polar surface area (TPSA) is 84.3 Å². The van der Waals surface area contributed by atoms with Crippen LogP contribution in [0.5, 0.6) is 0 Å². The number of sulfonamides is 1. The molecule has 0 spiro atoms. The maximum atomic E-state index is 12.6. The first-order chi connectivity index (χ1) is 11.5. The van der Waals surface area contributed by atoms with E-state index in [1.165, 1.54) is 17.1 Å². The van der Waals surface area contributed by atoms with Gasteiger partial charge in [0.1, 0.15) is 4.90 Å². The summed E-state index contributed by atoms with van der Waals surface area (Å²) >= 11 is 0. The number of aromatic nitrogens is 2. The molecule has 8 heteroatoms. The van der Waals surface area contributed by atoms with Gasteiger partial charge in [0, 0.05) is 32.8 Å². The number of hydrogen-bond acceptors (Lipinski definition) is 4. The molecule has 1 saturated heterocycles. The van der Waals surface area contributed by atoms with Gasteiger partial charge in [-0.15, -0.1) is 0 Å². The van der Waals surface area contributed by atoms with E-state index in [-0.39, 0.29) is 10.8 Å². The van der Waals surface area contributed by atoms with Crippen LogP contribution in [-0.4, -0.2) is 42.1 Å². The van der Waals surface area contributed by atoms with Gasteiger partial charge in [-0.05, 0) is 12.0 Å². The highest BCUT2D eigenvalue weighted by Crippen LogP contribution is 2.21. The van der Waals surface area contributed by atoms with Crippen molar-refractivity contribution >= 4 is 15.9 Å². The lowest BCUT2D eigenvalue weighted by molar-refractivity contribution is -0.127. The molecule has 1 aromatic carbocycles. The van der Waals surface area contributed by atoms with Crippen LogP contribution in [-0.2, 0) is 21.9 Å². The van der Waals surface area contributed by atoms with Crippen molar-refractivity contribution in [1.82, 2.24) is 19.4 Å². The van der Waals surface area contributed by atoms with Crippen molar-refractivity contribution in [2.24, 2.45) is 7.05 Å². The van der Waals surface area contributed by atoms with Crippen LogP contribution in [0.15, 0.2) is 47.6 Å². The lowest BCUT2D eigenvalue weighted by Crippen LogP contribution is -2.38. The molecule has 0 radical (unpaired) electrons. The Morgan fingerprint density at radius 2 is 2.04 bits per heavy atom. The molecule has 3 rings (SSSR count). The smallest absolute Gasteiger partial charge is 0.244 e. The van der Waals surface area contributed by atoms with E-state index >= 15 is 0 Å². The second kappa shape index (κ2) is 6.74. The number of benzene rings is 1. The van der Waals surface area contributed by atoms with Crippen molar-refractivity contribution in [3.63, 3.8) is 0 Å². The molecule has 1 aliphatic rings. The third kappa shape index (κ3) is 3.65. The molecule has 1 amide bonds. The number of nitrogens with one attached hydrogen (secondary N) is 1. The second-order valence-corrected chi connectivity index (χ2v) is 7.59. The second-order valence-electron chi connectivity index (χ2n) is 5.88. The standard InChI is InChI=1S/C16H20N4O3S/c1-19-11-14(10-17-19)24(22,23)18-15(13-6-3-2-4-7-13)12-20-9-5-8-16(20)21/h2-4,6-7,10-11,15,18H,5,8-9,12H2,1H3. The summed E-state index contributed by atoms with van der Waals surface area (Å²) in [6, 6.07) is 8.79. The number of likely N-dealkylation sites (tertiary alicyclic amines) is 1. The summed E-state index contributed by atoms with van der Waals surface area (Å²) in [5.41, 5.74) is 0.824. The zero-order chi connectivity index (χ0) is 17.2. The average Bonchev–Trinajstić information content (AvgIpc) is 3.17. The highest BCUT2D eigenvalue weighted by Gasteiger charge is 2.28. The Bertz CT molecular complexity index is 817. The number of nitrogens with zero attached hydrogens (tertiary/aromatic N) is 3. The van der Waals surface area contributed by atoms with E-state index in [4.69, 9.17) is 0 Å². The first-order valence-corrected chi connectivity index (χ1v) is 9.28. The first kappa shape index (κ1) is 16.7. The van der Waals surface area contributed by atoms with Crippen LogP contribution in [0.1, 0.15) is 24.4 Å². The van der Waals surface area contributed by atoms with E-state index in [9.17, 15) is 13.2 Å². The Morgan fingerprint density at radius 1 is 1.29 bits per heavy atom. The number of amides is 1. The Balaban J connectivity index is 1.86.